The molecule has 2 heteroatoms. The van der Waals surface area contributed by atoms with Gasteiger partial charge in [-0.05, 0) is 45.2 Å². The van der Waals surface area contributed by atoms with Crippen LogP contribution in [0.15, 0.2) is 0 Å². The Morgan fingerprint density at radius 3 is 2.43 bits per heavy atom. The summed E-state index contributed by atoms with van der Waals surface area (Å²) in [4.78, 5) is 0. The van der Waals surface area contributed by atoms with Crippen LogP contribution >= 0.6 is 0 Å². The van der Waals surface area contributed by atoms with Crippen LogP contribution in [0.5, 0.6) is 0 Å². The maximum atomic E-state index is 9.90. The maximum Gasteiger partial charge on any atom is 0.0620 e. The third-order valence-corrected chi connectivity index (χ3v) is 2.41. The lowest BCUT2D eigenvalue weighted by atomic mass is 9.95. The van der Waals surface area contributed by atoms with Crippen molar-refractivity contribution in [1.82, 2.24) is 5.32 Å². The fourth-order valence-corrected chi connectivity index (χ4v) is 1.65. The van der Waals surface area contributed by atoms with Gasteiger partial charge in [-0.2, -0.15) is 0 Å². The molecule has 2 nitrogen and oxygen atoms in total. The van der Waals surface area contributed by atoms with Crippen molar-refractivity contribution < 1.29 is 5.11 Å². The Hall–Kier alpha value is -0.0800. The first-order chi connectivity index (χ1) is 6.48. The van der Waals surface area contributed by atoms with Gasteiger partial charge in [-0.3, -0.25) is 0 Å². The molecular weight excluding hydrogens is 174 g/mol. The molecule has 0 aliphatic heterocycles. The van der Waals surface area contributed by atoms with Crippen LogP contribution in [0.1, 0.15) is 53.4 Å². The van der Waals surface area contributed by atoms with Crippen LogP contribution < -0.4 is 5.32 Å². The van der Waals surface area contributed by atoms with Crippen LogP contribution in [-0.4, -0.2) is 23.8 Å². The van der Waals surface area contributed by atoms with E-state index in [9.17, 15) is 5.11 Å². The smallest absolute Gasteiger partial charge is 0.0620 e. The lowest BCUT2D eigenvalue weighted by Gasteiger charge is -2.22. The second-order valence-electron chi connectivity index (χ2n) is 4.95. The largest absolute Gasteiger partial charge is 0.390 e. The van der Waals surface area contributed by atoms with E-state index in [1.807, 2.05) is 6.92 Å². The molecule has 0 fully saturated rings. The van der Waals surface area contributed by atoms with E-state index < -0.39 is 5.60 Å². The highest BCUT2D eigenvalue weighted by Crippen LogP contribution is 2.17. The molecule has 2 N–H and O–H groups in total. The molecule has 0 amide bonds. The van der Waals surface area contributed by atoms with Crippen molar-refractivity contribution in [2.45, 2.75) is 59.0 Å². The van der Waals surface area contributed by atoms with Crippen molar-refractivity contribution in [1.29, 1.82) is 0 Å². The van der Waals surface area contributed by atoms with E-state index in [0.717, 1.165) is 38.8 Å². The predicted molar refractivity (Wildman–Crippen MR) is 62.5 cm³/mol. The van der Waals surface area contributed by atoms with Gasteiger partial charge in [-0.15, -0.1) is 0 Å². The molecule has 0 bridgehead atoms. The standard InChI is InChI=1S/C12H27NO/c1-5-7-12(4,14)8-6-9-13-10-11(2)3/h11,13-14H,5-10H2,1-4H3. The van der Waals surface area contributed by atoms with Gasteiger partial charge in [0.2, 0.25) is 0 Å². The lowest BCUT2D eigenvalue weighted by molar-refractivity contribution is 0.0393. The monoisotopic (exact) mass is 201 g/mol. The quantitative estimate of drug-likeness (QED) is 0.592. The normalized spacial score (nSPS) is 15.9. The number of rotatable bonds is 8. The summed E-state index contributed by atoms with van der Waals surface area (Å²) in [5, 5.41) is 13.3. The molecule has 0 aromatic carbocycles. The summed E-state index contributed by atoms with van der Waals surface area (Å²) in [6, 6.07) is 0. The van der Waals surface area contributed by atoms with Gasteiger partial charge >= 0.3 is 0 Å². The van der Waals surface area contributed by atoms with Crippen molar-refractivity contribution in [2.24, 2.45) is 5.92 Å². The van der Waals surface area contributed by atoms with Crippen molar-refractivity contribution in [3.05, 3.63) is 0 Å². The van der Waals surface area contributed by atoms with Gasteiger partial charge in [0.25, 0.3) is 0 Å². The van der Waals surface area contributed by atoms with Gasteiger partial charge in [-0.1, -0.05) is 27.2 Å². The SMILES string of the molecule is CCCC(C)(O)CCCNCC(C)C. The zero-order valence-electron chi connectivity index (χ0n) is 10.3. The molecule has 0 aromatic rings. The van der Waals surface area contributed by atoms with E-state index in [1.165, 1.54) is 0 Å². The van der Waals surface area contributed by atoms with Crippen LogP contribution in [-0.2, 0) is 0 Å². The summed E-state index contributed by atoms with van der Waals surface area (Å²) in [6.45, 7) is 10.6. The maximum absolute atomic E-state index is 9.90. The minimum Gasteiger partial charge on any atom is -0.390 e. The second-order valence-corrected chi connectivity index (χ2v) is 4.95. The molecule has 0 saturated carbocycles. The van der Waals surface area contributed by atoms with Crippen LogP contribution in [0, 0.1) is 5.92 Å². The number of aliphatic hydroxyl groups is 1. The summed E-state index contributed by atoms with van der Waals surface area (Å²) in [7, 11) is 0. The molecule has 0 aromatic heterocycles. The van der Waals surface area contributed by atoms with E-state index in [-0.39, 0.29) is 0 Å². The molecule has 14 heavy (non-hydrogen) atoms. The van der Waals surface area contributed by atoms with Crippen LogP contribution in [0.2, 0.25) is 0 Å². The van der Waals surface area contributed by atoms with Crippen molar-refractivity contribution >= 4 is 0 Å². The van der Waals surface area contributed by atoms with Gasteiger partial charge in [0.15, 0.2) is 0 Å². The lowest BCUT2D eigenvalue weighted by Crippen LogP contribution is -2.27. The zero-order valence-corrected chi connectivity index (χ0v) is 10.3. The van der Waals surface area contributed by atoms with E-state index >= 15 is 0 Å². The highest BCUT2D eigenvalue weighted by molar-refractivity contribution is 4.71. The summed E-state index contributed by atoms with van der Waals surface area (Å²) in [5.74, 6) is 0.714. The minimum absolute atomic E-state index is 0.450. The zero-order chi connectivity index (χ0) is 11.0. The molecule has 86 valence electrons. The molecule has 0 heterocycles. The minimum atomic E-state index is -0.450. The molecule has 0 rings (SSSR count). The highest BCUT2D eigenvalue weighted by Gasteiger charge is 2.17. The van der Waals surface area contributed by atoms with E-state index in [0.29, 0.717) is 5.92 Å². The van der Waals surface area contributed by atoms with Crippen LogP contribution in [0.3, 0.4) is 0 Å². The Balaban J connectivity index is 3.34. The molecule has 0 aliphatic carbocycles. The van der Waals surface area contributed by atoms with E-state index in [4.69, 9.17) is 0 Å². The second kappa shape index (κ2) is 7.24. The van der Waals surface area contributed by atoms with E-state index in [1.54, 1.807) is 0 Å². The van der Waals surface area contributed by atoms with Crippen molar-refractivity contribution in [3.8, 4) is 0 Å². The summed E-state index contributed by atoms with van der Waals surface area (Å²) >= 11 is 0. The molecule has 1 unspecified atom stereocenters. The van der Waals surface area contributed by atoms with Crippen LogP contribution in [0.4, 0.5) is 0 Å². The number of hydrogen-bond donors (Lipinski definition) is 2. The first-order valence-corrected chi connectivity index (χ1v) is 5.91. The summed E-state index contributed by atoms with van der Waals surface area (Å²) in [6.07, 6.45) is 3.95. The Kier molecular flexibility index (Phi) is 7.20. The Morgan fingerprint density at radius 1 is 1.29 bits per heavy atom. The van der Waals surface area contributed by atoms with E-state index in [2.05, 4.69) is 26.1 Å². The topological polar surface area (TPSA) is 32.3 Å². The Labute approximate surface area is 89.1 Å². The first kappa shape index (κ1) is 13.9. The van der Waals surface area contributed by atoms with Gasteiger partial charge in [-0.25, -0.2) is 0 Å². The predicted octanol–water partition coefficient (Wildman–Crippen LogP) is 2.56. The average molecular weight is 201 g/mol. The molecule has 0 aliphatic rings. The molecule has 0 saturated heterocycles. The molecular formula is C12H27NO. The average Bonchev–Trinajstić information content (AvgIpc) is 2.02. The van der Waals surface area contributed by atoms with Gasteiger partial charge in [0, 0.05) is 0 Å². The van der Waals surface area contributed by atoms with Gasteiger partial charge < -0.3 is 10.4 Å². The Morgan fingerprint density at radius 2 is 1.93 bits per heavy atom. The number of hydrogen-bond acceptors (Lipinski definition) is 2. The highest BCUT2D eigenvalue weighted by atomic mass is 16.3. The summed E-state index contributed by atoms with van der Waals surface area (Å²) < 4.78 is 0. The molecule has 1 atom stereocenters. The third kappa shape index (κ3) is 8.52. The number of nitrogens with one attached hydrogen (secondary N) is 1. The molecule has 0 radical (unpaired) electrons. The fraction of sp³-hybridized carbons (Fsp3) is 1.00. The van der Waals surface area contributed by atoms with Gasteiger partial charge in [0.05, 0.1) is 5.60 Å². The van der Waals surface area contributed by atoms with Crippen molar-refractivity contribution in [3.63, 3.8) is 0 Å². The molecule has 0 spiro atoms. The van der Waals surface area contributed by atoms with Crippen LogP contribution in [0.25, 0.3) is 0 Å². The first-order valence-electron chi connectivity index (χ1n) is 5.91. The Bertz CT molecular complexity index is 132. The van der Waals surface area contributed by atoms with Gasteiger partial charge in [0.1, 0.15) is 0 Å². The third-order valence-electron chi connectivity index (χ3n) is 2.41. The van der Waals surface area contributed by atoms with Crippen molar-refractivity contribution in [2.75, 3.05) is 13.1 Å². The summed E-state index contributed by atoms with van der Waals surface area (Å²) in [5.41, 5.74) is -0.450. The fourth-order valence-electron chi connectivity index (χ4n) is 1.65.